The molecule has 0 aliphatic carbocycles. The number of benzene rings is 2. The van der Waals surface area contributed by atoms with Crippen LogP contribution in [0.2, 0.25) is 0 Å². The number of para-hydroxylation sites is 1. The molecule has 2 aromatic carbocycles. The summed E-state index contributed by atoms with van der Waals surface area (Å²) in [5.74, 6) is 1.26. The van der Waals surface area contributed by atoms with E-state index in [1.54, 1.807) is 23.1 Å². The third-order valence-corrected chi connectivity index (χ3v) is 8.04. The molecule has 0 radical (unpaired) electrons. The number of thiazole rings is 1. The van der Waals surface area contributed by atoms with Gasteiger partial charge in [0, 0.05) is 28.9 Å². The molecule has 1 aromatic heterocycles. The Kier molecular flexibility index (Phi) is 5.76. The summed E-state index contributed by atoms with van der Waals surface area (Å²) in [5, 5.41) is 8.70. The van der Waals surface area contributed by atoms with Crippen LogP contribution in [0.3, 0.4) is 0 Å². The van der Waals surface area contributed by atoms with Crippen LogP contribution in [-0.4, -0.2) is 24.3 Å². The largest absolute Gasteiger partial charge is 0.324 e. The minimum absolute atomic E-state index is 0.0806. The smallest absolute Gasteiger partial charge is 0.284 e. The average Bonchev–Trinajstić information content (AvgIpc) is 3.40. The number of rotatable bonds is 5. The van der Waals surface area contributed by atoms with Crippen molar-refractivity contribution in [2.75, 3.05) is 0 Å². The predicted octanol–water partition coefficient (Wildman–Crippen LogP) is 5.68. The third kappa shape index (κ3) is 3.97. The van der Waals surface area contributed by atoms with Crippen LogP contribution in [0.25, 0.3) is 27.6 Å². The van der Waals surface area contributed by atoms with Gasteiger partial charge < -0.3 is 4.57 Å². The van der Waals surface area contributed by atoms with Gasteiger partial charge in [-0.05, 0) is 31.4 Å². The molecule has 0 saturated heterocycles. The number of fused-ring (bicyclic) bond motifs is 3. The normalized spacial score (nSPS) is 13.6. The van der Waals surface area contributed by atoms with Crippen molar-refractivity contribution in [2.24, 2.45) is 0 Å². The summed E-state index contributed by atoms with van der Waals surface area (Å²) in [5.41, 5.74) is 4.60. The van der Waals surface area contributed by atoms with Crippen molar-refractivity contribution in [1.82, 2.24) is 24.3 Å². The number of hydrogen-bond acceptors (Lipinski definition) is 6. The van der Waals surface area contributed by atoms with Crippen LogP contribution in [-0.2, 0) is 18.7 Å². The Hall–Kier alpha value is -3.23. The first-order valence-corrected chi connectivity index (χ1v) is 13.3. The van der Waals surface area contributed by atoms with Crippen LogP contribution in [0.1, 0.15) is 30.7 Å². The van der Waals surface area contributed by atoms with Crippen LogP contribution in [0.4, 0.5) is 0 Å². The minimum atomic E-state index is -0.0806. The molecule has 3 aliphatic rings. The topological polar surface area (TPSA) is 65.6 Å². The van der Waals surface area contributed by atoms with Gasteiger partial charge in [0.1, 0.15) is 10.6 Å². The van der Waals surface area contributed by atoms with Gasteiger partial charge >= 0.3 is 0 Å². The molecule has 0 amide bonds. The molecule has 0 saturated carbocycles. The van der Waals surface area contributed by atoms with Crippen LogP contribution < -0.4 is 5.56 Å². The standard InChI is InChI=1S/C26H23N5OS2/c32-25-22-21-14-8-3-9-15-30(21)26(28-23(22)29-31(25)20-12-6-2-7-13-20)34-17-19-16-33-24(27-19)18-10-4-1-5-11-18/h1-2,4-7,10-13,16H,3,8-9,14-15,17H2. The SMILES string of the molecule is O=c1c2c3n(c(SCc4csc(-c5ccccc5)n4)nc-2nn1-c1ccccc1)CCCCC3. The molecular weight excluding hydrogens is 462 g/mol. The van der Waals surface area contributed by atoms with E-state index in [0.717, 1.165) is 70.8 Å². The van der Waals surface area contributed by atoms with E-state index in [-0.39, 0.29) is 5.56 Å². The van der Waals surface area contributed by atoms with E-state index < -0.39 is 0 Å². The zero-order valence-corrected chi connectivity index (χ0v) is 20.2. The van der Waals surface area contributed by atoms with Crippen LogP contribution in [0, 0.1) is 0 Å². The Morgan fingerprint density at radius 2 is 1.74 bits per heavy atom. The predicted molar refractivity (Wildman–Crippen MR) is 137 cm³/mol. The summed E-state index contributed by atoms with van der Waals surface area (Å²) in [4.78, 5) is 23.1. The zero-order valence-electron chi connectivity index (χ0n) is 18.6. The molecule has 8 heteroatoms. The Morgan fingerprint density at radius 3 is 2.56 bits per heavy atom. The highest BCUT2D eigenvalue weighted by atomic mass is 32.2. The second-order valence-corrected chi connectivity index (χ2v) is 10.2. The third-order valence-electron chi connectivity index (χ3n) is 6.09. The molecule has 0 unspecified atom stereocenters. The van der Waals surface area contributed by atoms with Crippen molar-refractivity contribution in [3.63, 3.8) is 0 Å². The molecule has 0 fully saturated rings. The maximum Gasteiger partial charge on any atom is 0.284 e. The molecule has 6 rings (SSSR count). The molecule has 34 heavy (non-hydrogen) atoms. The van der Waals surface area contributed by atoms with Gasteiger partial charge in [-0.3, -0.25) is 4.79 Å². The van der Waals surface area contributed by atoms with Gasteiger partial charge in [0.05, 0.1) is 11.4 Å². The van der Waals surface area contributed by atoms with Crippen molar-refractivity contribution >= 4 is 23.1 Å². The van der Waals surface area contributed by atoms with Gasteiger partial charge in [0.15, 0.2) is 11.0 Å². The van der Waals surface area contributed by atoms with E-state index in [1.807, 2.05) is 48.5 Å². The van der Waals surface area contributed by atoms with Crippen LogP contribution in [0.5, 0.6) is 0 Å². The lowest BCUT2D eigenvalue weighted by Gasteiger charge is -2.17. The zero-order chi connectivity index (χ0) is 22.9. The molecule has 4 heterocycles. The molecule has 170 valence electrons. The van der Waals surface area contributed by atoms with Gasteiger partial charge in [-0.15, -0.1) is 16.4 Å². The second-order valence-electron chi connectivity index (χ2n) is 8.35. The van der Waals surface area contributed by atoms with E-state index in [0.29, 0.717) is 11.4 Å². The molecular formula is C26H23N5OS2. The monoisotopic (exact) mass is 485 g/mol. The first-order valence-electron chi connectivity index (χ1n) is 11.5. The summed E-state index contributed by atoms with van der Waals surface area (Å²) in [6.45, 7) is 0.878. The number of nitrogens with zero attached hydrogens (tertiary/aromatic N) is 5. The van der Waals surface area contributed by atoms with E-state index in [1.165, 1.54) is 4.68 Å². The van der Waals surface area contributed by atoms with E-state index >= 15 is 0 Å². The Morgan fingerprint density at radius 1 is 0.941 bits per heavy atom. The van der Waals surface area contributed by atoms with E-state index in [4.69, 9.17) is 9.97 Å². The minimum Gasteiger partial charge on any atom is -0.324 e. The lowest BCUT2D eigenvalue weighted by molar-refractivity contribution is 0.571. The quantitative estimate of drug-likeness (QED) is 0.237. The fourth-order valence-electron chi connectivity index (χ4n) is 4.43. The fourth-order valence-corrected chi connectivity index (χ4v) is 6.30. The maximum atomic E-state index is 13.4. The van der Waals surface area contributed by atoms with Gasteiger partial charge in [-0.1, -0.05) is 66.7 Å². The van der Waals surface area contributed by atoms with E-state index in [9.17, 15) is 4.79 Å². The lowest BCUT2D eigenvalue weighted by Crippen LogP contribution is -2.19. The van der Waals surface area contributed by atoms with Gasteiger partial charge in [0.2, 0.25) is 0 Å². The summed E-state index contributed by atoms with van der Waals surface area (Å²) in [7, 11) is 0. The Labute approximate surface area is 205 Å². The van der Waals surface area contributed by atoms with E-state index in [2.05, 4.69) is 27.2 Å². The highest BCUT2D eigenvalue weighted by Gasteiger charge is 2.27. The van der Waals surface area contributed by atoms with Crippen molar-refractivity contribution in [1.29, 1.82) is 0 Å². The van der Waals surface area contributed by atoms with Crippen molar-refractivity contribution in [3.8, 4) is 27.6 Å². The number of aromatic nitrogens is 5. The van der Waals surface area contributed by atoms with Gasteiger partial charge in [-0.2, -0.15) is 4.68 Å². The summed E-state index contributed by atoms with van der Waals surface area (Å²) in [6, 6.07) is 19.9. The first-order chi connectivity index (χ1) is 16.8. The molecule has 6 nitrogen and oxygen atoms in total. The highest BCUT2D eigenvalue weighted by molar-refractivity contribution is 7.98. The van der Waals surface area contributed by atoms with Crippen molar-refractivity contribution in [2.45, 2.75) is 43.1 Å². The average molecular weight is 486 g/mol. The molecule has 0 atom stereocenters. The Bertz CT molecular complexity index is 1460. The van der Waals surface area contributed by atoms with Crippen molar-refractivity contribution < 1.29 is 0 Å². The van der Waals surface area contributed by atoms with Crippen LogP contribution in [0.15, 0.2) is 76.0 Å². The Balaban J connectivity index is 1.37. The molecule has 0 N–H and O–H groups in total. The maximum absolute atomic E-state index is 13.4. The fraction of sp³-hybridized carbons (Fsp3) is 0.231. The molecule has 3 aliphatic heterocycles. The van der Waals surface area contributed by atoms with Crippen molar-refractivity contribution in [3.05, 3.63) is 87.8 Å². The van der Waals surface area contributed by atoms with Crippen LogP contribution >= 0.6 is 23.1 Å². The highest BCUT2D eigenvalue weighted by Crippen LogP contribution is 2.32. The summed E-state index contributed by atoms with van der Waals surface area (Å²) >= 11 is 3.34. The van der Waals surface area contributed by atoms with Gasteiger partial charge in [0.25, 0.3) is 5.56 Å². The first kappa shape index (κ1) is 21.3. The summed E-state index contributed by atoms with van der Waals surface area (Å²) < 4.78 is 3.74. The summed E-state index contributed by atoms with van der Waals surface area (Å²) in [6.07, 6.45) is 4.19. The second kappa shape index (κ2) is 9.19. The van der Waals surface area contributed by atoms with Gasteiger partial charge in [-0.25, -0.2) is 9.97 Å². The number of thioether (sulfide) groups is 1. The molecule has 0 bridgehead atoms. The molecule has 3 aromatic rings. The lowest BCUT2D eigenvalue weighted by atomic mass is 10.1. The number of hydrogen-bond donors (Lipinski definition) is 0. The molecule has 0 spiro atoms.